The molecule has 6 nitrogen and oxygen atoms in total. The highest BCUT2D eigenvalue weighted by Crippen LogP contribution is 2.22. The molecule has 7 heteroatoms. The summed E-state index contributed by atoms with van der Waals surface area (Å²) >= 11 is 5.96. The van der Waals surface area contributed by atoms with E-state index in [1.54, 1.807) is 46.2 Å². The summed E-state index contributed by atoms with van der Waals surface area (Å²) in [5, 5.41) is 0.513. The van der Waals surface area contributed by atoms with E-state index in [4.69, 9.17) is 16.3 Å². The van der Waals surface area contributed by atoms with Gasteiger partial charge in [-0.3, -0.25) is 9.59 Å². The fourth-order valence-electron chi connectivity index (χ4n) is 3.61. The van der Waals surface area contributed by atoms with E-state index in [9.17, 15) is 14.4 Å². The number of esters is 1. The Hall–Kier alpha value is -2.86. The Morgan fingerprint density at radius 1 is 0.964 bits per heavy atom. The largest absolute Gasteiger partial charge is 0.448 e. The second kappa shape index (κ2) is 7.64. The van der Waals surface area contributed by atoms with Gasteiger partial charge in [0, 0.05) is 43.2 Å². The molecular formula is C21H19ClN2O4. The van der Waals surface area contributed by atoms with Crippen molar-refractivity contribution in [2.24, 2.45) is 0 Å². The van der Waals surface area contributed by atoms with Gasteiger partial charge in [0.25, 0.3) is 11.8 Å². The molecule has 1 atom stereocenters. The van der Waals surface area contributed by atoms with Crippen LogP contribution in [0.1, 0.15) is 26.3 Å². The van der Waals surface area contributed by atoms with Gasteiger partial charge in [0.15, 0.2) is 6.10 Å². The maximum atomic E-state index is 12.8. The van der Waals surface area contributed by atoms with E-state index < -0.39 is 12.1 Å². The number of fused-ring (bicyclic) bond motifs is 1. The zero-order chi connectivity index (χ0) is 19.7. The maximum Gasteiger partial charge on any atom is 0.339 e. The van der Waals surface area contributed by atoms with Crippen LogP contribution in [-0.4, -0.2) is 59.9 Å². The minimum atomic E-state index is -0.808. The molecule has 2 aliphatic heterocycles. The first-order chi connectivity index (χ1) is 13.5. The van der Waals surface area contributed by atoms with Gasteiger partial charge in [-0.15, -0.1) is 0 Å². The van der Waals surface area contributed by atoms with Crippen LogP contribution in [0.3, 0.4) is 0 Å². The highest BCUT2D eigenvalue weighted by molar-refractivity contribution is 6.30. The molecule has 2 aromatic carbocycles. The third kappa shape index (κ3) is 3.60. The van der Waals surface area contributed by atoms with Crippen LogP contribution < -0.4 is 0 Å². The Morgan fingerprint density at radius 2 is 1.68 bits per heavy atom. The average molecular weight is 399 g/mol. The molecular weight excluding hydrogens is 380 g/mol. The first-order valence-electron chi connectivity index (χ1n) is 9.15. The van der Waals surface area contributed by atoms with E-state index in [-0.39, 0.29) is 11.8 Å². The summed E-state index contributed by atoms with van der Waals surface area (Å²) in [7, 11) is 0. The van der Waals surface area contributed by atoms with Crippen LogP contribution in [0.2, 0.25) is 5.02 Å². The number of carbonyl (C=O) groups excluding carboxylic acids is 3. The van der Waals surface area contributed by atoms with Crippen LogP contribution in [0.5, 0.6) is 0 Å². The van der Waals surface area contributed by atoms with E-state index in [2.05, 4.69) is 0 Å². The van der Waals surface area contributed by atoms with Crippen molar-refractivity contribution in [3.63, 3.8) is 0 Å². The molecule has 1 unspecified atom stereocenters. The molecule has 1 fully saturated rings. The summed E-state index contributed by atoms with van der Waals surface area (Å²) in [6, 6.07) is 14.0. The number of carbonyl (C=O) groups is 3. The number of piperazine rings is 1. The van der Waals surface area contributed by atoms with Crippen molar-refractivity contribution in [3.05, 3.63) is 70.2 Å². The molecule has 2 aliphatic rings. The molecule has 0 radical (unpaired) electrons. The molecule has 0 saturated carbocycles. The molecule has 144 valence electrons. The second-order valence-corrected chi connectivity index (χ2v) is 7.32. The Bertz CT molecular complexity index is 938. The third-order valence-electron chi connectivity index (χ3n) is 5.12. The molecule has 2 heterocycles. The standard InChI is InChI=1S/C21H19ClN2O4/c22-16-6-3-5-15(12-16)19(25)23-8-10-24(11-9-23)20(26)18-13-14-4-1-2-7-17(14)21(27)28-18/h1-7,12,18H,8-11,13H2. The molecule has 0 aliphatic carbocycles. The third-order valence-corrected chi connectivity index (χ3v) is 5.35. The van der Waals surface area contributed by atoms with Gasteiger partial charge >= 0.3 is 5.97 Å². The van der Waals surface area contributed by atoms with Crippen molar-refractivity contribution < 1.29 is 19.1 Å². The fourth-order valence-corrected chi connectivity index (χ4v) is 3.80. The molecule has 0 spiro atoms. The summed E-state index contributed by atoms with van der Waals surface area (Å²) < 4.78 is 5.36. The zero-order valence-electron chi connectivity index (χ0n) is 15.1. The SMILES string of the molecule is O=C1OC(C(=O)N2CCN(C(=O)c3cccc(Cl)c3)CC2)Cc2ccccc21. The molecule has 2 amide bonds. The number of halogens is 1. The molecule has 0 N–H and O–H groups in total. The van der Waals surface area contributed by atoms with Crippen LogP contribution in [0.15, 0.2) is 48.5 Å². The summed E-state index contributed by atoms with van der Waals surface area (Å²) in [6.07, 6.45) is -0.430. The van der Waals surface area contributed by atoms with Crippen molar-refractivity contribution in [2.45, 2.75) is 12.5 Å². The van der Waals surface area contributed by atoms with Crippen molar-refractivity contribution in [2.75, 3.05) is 26.2 Å². The smallest absolute Gasteiger partial charge is 0.339 e. The van der Waals surface area contributed by atoms with Crippen LogP contribution in [0, 0.1) is 0 Å². The highest BCUT2D eigenvalue weighted by atomic mass is 35.5. The number of ether oxygens (including phenoxy) is 1. The Labute approximate surface area is 167 Å². The van der Waals surface area contributed by atoms with Gasteiger partial charge in [-0.05, 0) is 29.8 Å². The lowest BCUT2D eigenvalue weighted by Gasteiger charge is -2.37. The lowest BCUT2D eigenvalue weighted by atomic mass is 9.98. The van der Waals surface area contributed by atoms with E-state index >= 15 is 0 Å². The van der Waals surface area contributed by atoms with E-state index in [1.165, 1.54) is 0 Å². The number of rotatable bonds is 2. The highest BCUT2D eigenvalue weighted by Gasteiger charge is 2.35. The molecule has 28 heavy (non-hydrogen) atoms. The maximum absolute atomic E-state index is 12.8. The number of benzene rings is 2. The monoisotopic (exact) mass is 398 g/mol. The number of cyclic esters (lactones) is 1. The topological polar surface area (TPSA) is 66.9 Å². The van der Waals surface area contributed by atoms with Gasteiger partial charge in [-0.2, -0.15) is 0 Å². The van der Waals surface area contributed by atoms with Gasteiger partial charge in [0.2, 0.25) is 0 Å². The van der Waals surface area contributed by atoms with Crippen LogP contribution in [0.25, 0.3) is 0 Å². The summed E-state index contributed by atoms with van der Waals surface area (Å²) in [5.41, 5.74) is 1.88. The molecule has 1 saturated heterocycles. The molecule has 0 aromatic heterocycles. The number of nitrogens with zero attached hydrogens (tertiary/aromatic N) is 2. The van der Waals surface area contributed by atoms with E-state index in [0.717, 1.165) is 5.56 Å². The fraction of sp³-hybridized carbons (Fsp3) is 0.286. The number of hydrogen-bond donors (Lipinski definition) is 0. The van der Waals surface area contributed by atoms with Crippen LogP contribution >= 0.6 is 11.6 Å². The molecule has 2 aromatic rings. The van der Waals surface area contributed by atoms with Crippen molar-refractivity contribution in [3.8, 4) is 0 Å². The Morgan fingerprint density at radius 3 is 2.43 bits per heavy atom. The molecule has 4 rings (SSSR count). The minimum absolute atomic E-state index is 0.104. The summed E-state index contributed by atoms with van der Waals surface area (Å²) in [6.45, 7) is 1.66. The first-order valence-corrected chi connectivity index (χ1v) is 9.53. The first kappa shape index (κ1) is 18.5. The predicted octanol–water partition coefficient (Wildman–Crippen LogP) is 2.41. The van der Waals surface area contributed by atoms with Gasteiger partial charge in [-0.25, -0.2) is 4.79 Å². The Balaban J connectivity index is 1.38. The van der Waals surface area contributed by atoms with Gasteiger partial charge in [-0.1, -0.05) is 35.9 Å². The van der Waals surface area contributed by atoms with Crippen molar-refractivity contribution >= 4 is 29.4 Å². The molecule has 0 bridgehead atoms. The zero-order valence-corrected chi connectivity index (χ0v) is 15.9. The van der Waals surface area contributed by atoms with E-state index in [1.807, 2.05) is 12.1 Å². The van der Waals surface area contributed by atoms with Crippen molar-refractivity contribution in [1.82, 2.24) is 9.80 Å². The second-order valence-electron chi connectivity index (χ2n) is 6.88. The lowest BCUT2D eigenvalue weighted by molar-refractivity contribution is -0.142. The van der Waals surface area contributed by atoms with Crippen LogP contribution in [0.4, 0.5) is 0 Å². The quantitative estimate of drug-likeness (QED) is 0.728. The van der Waals surface area contributed by atoms with Crippen molar-refractivity contribution in [1.29, 1.82) is 0 Å². The van der Waals surface area contributed by atoms with Gasteiger partial charge in [0.1, 0.15) is 0 Å². The lowest BCUT2D eigenvalue weighted by Crippen LogP contribution is -2.54. The number of amides is 2. The van der Waals surface area contributed by atoms with Gasteiger partial charge < -0.3 is 14.5 Å². The minimum Gasteiger partial charge on any atom is -0.448 e. The summed E-state index contributed by atoms with van der Waals surface area (Å²) in [5.74, 6) is -0.778. The predicted molar refractivity (Wildman–Crippen MR) is 103 cm³/mol. The Kier molecular flexibility index (Phi) is 5.05. The van der Waals surface area contributed by atoms with E-state index in [0.29, 0.717) is 48.7 Å². The van der Waals surface area contributed by atoms with Gasteiger partial charge in [0.05, 0.1) is 5.56 Å². The summed E-state index contributed by atoms with van der Waals surface area (Å²) in [4.78, 5) is 41.0. The normalized spacial score (nSPS) is 19.0. The average Bonchev–Trinajstić information content (AvgIpc) is 2.73. The number of hydrogen-bond acceptors (Lipinski definition) is 4. The van der Waals surface area contributed by atoms with Crippen LogP contribution in [-0.2, 0) is 16.0 Å².